The molecular formula is C28H30F3N3O9S2. The predicted octanol–water partition coefficient (Wildman–Crippen LogP) is 3.93. The number of nitrogens with zero attached hydrogens (tertiary/aromatic N) is 2. The molecule has 1 unspecified atom stereocenters. The molecule has 1 aliphatic carbocycles. The molecule has 12 nitrogen and oxygen atoms in total. The van der Waals surface area contributed by atoms with Crippen LogP contribution in [0.5, 0.6) is 0 Å². The number of alkyl halides is 3. The second kappa shape index (κ2) is 12.9. The summed E-state index contributed by atoms with van der Waals surface area (Å²) in [5.74, 6) is -3.65. The molecule has 2 atom stereocenters. The van der Waals surface area contributed by atoms with Gasteiger partial charge in [0.05, 0.1) is 18.1 Å². The number of thiophene rings is 1. The van der Waals surface area contributed by atoms with E-state index in [1.807, 2.05) is 0 Å². The lowest BCUT2D eigenvalue weighted by molar-refractivity contribution is -0.155. The Morgan fingerprint density at radius 2 is 1.84 bits per heavy atom. The van der Waals surface area contributed by atoms with Gasteiger partial charge < -0.3 is 24.0 Å². The molecule has 0 spiro atoms. The third kappa shape index (κ3) is 7.05. The molecule has 1 amide bonds. The fourth-order valence-electron chi connectivity index (χ4n) is 5.14. The average molecular weight is 674 g/mol. The maximum atomic E-state index is 13.5. The molecule has 2 N–H and O–H groups in total. The van der Waals surface area contributed by atoms with Crippen molar-refractivity contribution in [1.82, 2.24) is 14.8 Å². The number of carbonyl (C=O) groups excluding carboxylic acids is 2. The molecule has 17 heteroatoms. The Labute approximate surface area is 260 Å². The SMILES string of the molecule is COCCN(C)C(=O)c1ccc([C@]2(CCCOC(C)=O)CC2(NS(=O)(=O)c2ccc(-c3cc(C(F)(F)F)on3)s2)C(=O)O)cc1. The summed E-state index contributed by atoms with van der Waals surface area (Å²) in [6.45, 7) is 1.85. The first kappa shape index (κ1) is 34.1. The van der Waals surface area contributed by atoms with Gasteiger partial charge in [-0.1, -0.05) is 17.3 Å². The molecule has 0 aliphatic heterocycles. The number of benzene rings is 1. The van der Waals surface area contributed by atoms with Crippen molar-refractivity contribution in [1.29, 1.82) is 0 Å². The van der Waals surface area contributed by atoms with Gasteiger partial charge in [-0.25, -0.2) is 8.42 Å². The van der Waals surface area contributed by atoms with Crippen LogP contribution in [0.4, 0.5) is 13.2 Å². The quantitative estimate of drug-likeness (QED) is 0.189. The summed E-state index contributed by atoms with van der Waals surface area (Å²) in [5.41, 5.74) is -2.79. The van der Waals surface area contributed by atoms with E-state index in [2.05, 4.69) is 14.4 Å². The molecule has 2 heterocycles. The largest absolute Gasteiger partial charge is 0.480 e. The molecular weight excluding hydrogens is 643 g/mol. The molecule has 1 aliphatic rings. The standard InChI is InChI=1S/C28H30F3N3O9S2/c1-17(35)42-13-4-11-26(19-7-5-18(6-8-19)24(36)34(2)12-14-41-3)16-27(26,25(37)38)33-45(39,40)23-10-9-21(44-23)20-15-22(43-32-20)28(29,30)31/h5-10,15,33H,4,11-14,16H2,1-3H3,(H,37,38)/t26-,27?/m0/s1. The Morgan fingerprint density at radius 3 is 2.42 bits per heavy atom. The van der Waals surface area contributed by atoms with Gasteiger partial charge in [0.2, 0.25) is 5.76 Å². The number of aliphatic carboxylic acids is 1. The first-order chi connectivity index (χ1) is 21.1. The molecule has 0 saturated heterocycles. The minimum atomic E-state index is -4.79. The summed E-state index contributed by atoms with van der Waals surface area (Å²) in [6.07, 6.45) is -4.65. The first-order valence-electron chi connectivity index (χ1n) is 13.5. The number of carbonyl (C=O) groups is 3. The average Bonchev–Trinajstić information content (AvgIpc) is 3.35. The number of hydrogen-bond acceptors (Lipinski definition) is 10. The van der Waals surface area contributed by atoms with E-state index in [0.717, 1.165) is 6.07 Å². The minimum Gasteiger partial charge on any atom is -0.480 e. The molecule has 0 bridgehead atoms. The fraction of sp³-hybridized carbons (Fsp3) is 0.429. The lowest BCUT2D eigenvalue weighted by Gasteiger charge is -2.25. The Kier molecular flexibility index (Phi) is 9.77. The van der Waals surface area contributed by atoms with Gasteiger partial charge in [0, 0.05) is 44.7 Å². The van der Waals surface area contributed by atoms with E-state index >= 15 is 0 Å². The molecule has 1 saturated carbocycles. The highest BCUT2D eigenvalue weighted by atomic mass is 32.2. The molecule has 1 fully saturated rings. The number of ether oxygens (including phenoxy) is 2. The van der Waals surface area contributed by atoms with Gasteiger partial charge in [-0.15, -0.1) is 11.3 Å². The van der Waals surface area contributed by atoms with Gasteiger partial charge in [-0.05, 0) is 49.1 Å². The van der Waals surface area contributed by atoms with Gasteiger partial charge in [0.15, 0.2) is 0 Å². The Morgan fingerprint density at radius 1 is 1.16 bits per heavy atom. The highest BCUT2D eigenvalue weighted by Crippen LogP contribution is 2.61. The van der Waals surface area contributed by atoms with E-state index in [1.54, 1.807) is 19.2 Å². The molecule has 2 aromatic heterocycles. The summed E-state index contributed by atoms with van der Waals surface area (Å²) in [5, 5.41) is 13.8. The maximum absolute atomic E-state index is 13.5. The predicted molar refractivity (Wildman–Crippen MR) is 153 cm³/mol. The molecule has 45 heavy (non-hydrogen) atoms. The van der Waals surface area contributed by atoms with Crippen LogP contribution in [0.25, 0.3) is 10.6 Å². The van der Waals surface area contributed by atoms with Crippen LogP contribution < -0.4 is 4.72 Å². The van der Waals surface area contributed by atoms with Crippen molar-refractivity contribution in [2.75, 3.05) is 33.9 Å². The van der Waals surface area contributed by atoms with Crippen molar-refractivity contribution in [3.63, 3.8) is 0 Å². The van der Waals surface area contributed by atoms with E-state index in [0.29, 0.717) is 41.7 Å². The minimum absolute atomic E-state index is 0.0354. The lowest BCUT2D eigenvalue weighted by Crippen LogP contribution is -2.48. The topological polar surface area (TPSA) is 165 Å². The zero-order valence-electron chi connectivity index (χ0n) is 24.3. The van der Waals surface area contributed by atoms with Crippen LogP contribution in [0.2, 0.25) is 0 Å². The molecule has 0 radical (unpaired) electrons. The number of likely N-dealkylation sites (N-methyl/N-ethyl adjacent to an activating group) is 1. The van der Waals surface area contributed by atoms with Crippen molar-refractivity contribution in [2.45, 2.75) is 47.5 Å². The Bertz CT molecular complexity index is 1670. The van der Waals surface area contributed by atoms with E-state index in [4.69, 9.17) is 9.47 Å². The van der Waals surface area contributed by atoms with Gasteiger partial charge >= 0.3 is 18.1 Å². The monoisotopic (exact) mass is 673 g/mol. The number of hydrogen-bond donors (Lipinski definition) is 2. The third-order valence-electron chi connectivity index (χ3n) is 7.54. The van der Waals surface area contributed by atoms with Crippen molar-refractivity contribution in [2.24, 2.45) is 0 Å². The van der Waals surface area contributed by atoms with Crippen LogP contribution in [0.3, 0.4) is 0 Å². The highest BCUT2D eigenvalue weighted by Gasteiger charge is 2.74. The summed E-state index contributed by atoms with van der Waals surface area (Å²) < 4.78 is 82.2. The number of sulfonamides is 1. The van der Waals surface area contributed by atoms with Gasteiger partial charge in [0.1, 0.15) is 15.4 Å². The van der Waals surface area contributed by atoms with Crippen molar-refractivity contribution in [3.8, 4) is 10.6 Å². The maximum Gasteiger partial charge on any atom is 0.452 e. The first-order valence-corrected chi connectivity index (χ1v) is 15.8. The van der Waals surface area contributed by atoms with Crippen molar-refractivity contribution in [3.05, 3.63) is 59.4 Å². The number of esters is 1. The smallest absolute Gasteiger partial charge is 0.452 e. The lowest BCUT2D eigenvalue weighted by atomic mass is 9.85. The van der Waals surface area contributed by atoms with Gasteiger partial charge in [-0.2, -0.15) is 17.9 Å². The third-order valence-corrected chi connectivity index (χ3v) is 10.6. The van der Waals surface area contributed by atoms with Crippen LogP contribution in [-0.4, -0.2) is 80.9 Å². The summed E-state index contributed by atoms with van der Waals surface area (Å²) in [6, 6.07) is 9.17. The van der Waals surface area contributed by atoms with Gasteiger partial charge in [0.25, 0.3) is 15.9 Å². The Balaban J connectivity index is 1.64. The number of rotatable bonds is 14. The number of amides is 1. The highest BCUT2D eigenvalue weighted by molar-refractivity contribution is 7.91. The number of methoxy groups -OCH3 is 1. The fourth-order valence-corrected chi connectivity index (χ4v) is 7.82. The molecule has 1 aromatic carbocycles. The van der Waals surface area contributed by atoms with Crippen LogP contribution in [0, 0.1) is 0 Å². The summed E-state index contributed by atoms with van der Waals surface area (Å²) >= 11 is 0.589. The number of nitrogens with one attached hydrogen (secondary N) is 1. The number of carboxylic acid groups (broad SMARTS) is 1. The summed E-state index contributed by atoms with van der Waals surface area (Å²) in [7, 11) is -1.42. The molecule has 4 rings (SSSR count). The number of carboxylic acids is 1. The van der Waals surface area contributed by atoms with Crippen LogP contribution in [0.1, 0.15) is 47.9 Å². The van der Waals surface area contributed by atoms with Crippen LogP contribution in [-0.2, 0) is 40.7 Å². The molecule has 3 aromatic rings. The normalized spacial score (nSPS) is 19.7. The van der Waals surface area contributed by atoms with Crippen LogP contribution >= 0.6 is 11.3 Å². The molecule has 244 valence electrons. The van der Waals surface area contributed by atoms with Crippen molar-refractivity contribution < 1.29 is 55.1 Å². The zero-order valence-corrected chi connectivity index (χ0v) is 26.0. The summed E-state index contributed by atoms with van der Waals surface area (Å²) in [4.78, 5) is 38.4. The van der Waals surface area contributed by atoms with Gasteiger partial charge in [-0.3, -0.25) is 14.4 Å². The van der Waals surface area contributed by atoms with Crippen molar-refractivity contribution >= 4 is 39.2 Å². The van der Waals surface area contributed by atoms with E-state index in [9.17, 15) is 41.1 Å². The van der Waals surface area contributed by atoms with Crippen LogP contribution in [0.15, 0.2) is 51.2 Å². The van der Waals surface area contributed by atoms with E-state index in [-0.39, 0.29) is 46.6 Å². The Hall–Kier alpha value is -3.80. The number of halogens is 3. The van der Waals surface area contributed by atoms with E-state index in [1.165, 1.54) is 37.1 Å². The zero-order chi connectivity index (χ0) is 33.2. The second-order valence-electron chi connectivity index (χ2n) is 10.5. The van der Waals surface area contributed by atoms with E-state index < -0.39 is 44.9 Å². The second-order valence-corrected chi connectivity index (χ2v) is 13.5. The number of aromatic nitrogens is 1.